The minimum Gasteiger partial charge on any atom is -0.357 e. The quantitative estimate of drug-likeness (QED) is 0.185. The molecule has 2 nitrogen and oxygen atoms in total. The van der Waals surface area contributed by atoms with E-state index in [0.29, 0.717) is 0 Å². The van der Waals surface area contributed by atoms with Gasteiger partial charge in [-0.2, -0.15) is 0 Å². The van der Waals surface area contributed by atoms with Gasteiger partial charge in [-0.15, -0.1) is 0 Å². The maximum absolute atomic E-state index is 3.85. The average molecular weight is 689 g/mol. The molecule has 1 N–H and O–H groups in total. The smallest absolute Gasteiger partial charge is 0.138 e. The Morgan fingerprint density at radius 2 is 0.944 bits per heavy atom. The Kier molecular flexibility index (Phi) is 6.72. The summed E-state index contributed by atoms with van der Waals surface area (Å²) in [5, 5.41) is 13.9. The number of fused-ring (bicyclic) bond motifs is 7. The van der Waals surface area contributed by atoms with Crippen LogP contribution >= 0.6 is 0 Å². The van der Waals surface area contributed by atoms with Gasteiger partial charge in [0.2, 0.25) is 0 Å². The molecule has 0 saturated heterocycles. The molecule has 0 aliphatic carbocycles. The molecule has 2 heterocycles. The summed E-state index contributed by atoms with van der Waals surface area (Å²) in [6.45, 7) is 2.26. The number of hydrogen-bond donors (Lipinski definition) is 1. The van der Waals surface area contributed by atoms with E-state index in [9.17, 15) is 0 Å². The number of benzene rings is 9. The second kappa shape index (κ2) is 11.8. The van der Waals surface area contributed by atoms with E-state index in [0.717, 1.165) is 5.70 Å². The lowest BCUT2D eigenvalue weighted by atomic mass is 9.84. The Labute approximate surface area is 314 Å². The summed E-state index contributed by atoms with van der Waals surface area (Å²) in [5.74, 6) is 0. The lowest BCUT2D eigenvalue weighted by molar-refractivity contribution is 0.225. The summed E-state index contributed by atoms with van der Waals surface area (Å²) < 4.78 is 0. The van der Waals surface area contributed by atoms with Crippen molar-refractivity contribution in [3.63, 3.8) is 0 Å². The van der Waals surface area contributed by atoms with Crippen molar-refractivity contribution in [3.05, 3.63) is 205 Å². The Morgan fingerprint density at radius 3 is 1.63 bits per heavy atom. The summed E-state index contributed by atoms with van der Waals surface area (Å²) >= 11 is 0. The highest BCUT2D eigenvalue weighted by molar-refractivity contribution is 6.22. The first kappa shape index (κ1) is 30.7. The third kappa shape index (κ3) is 4.74. The van der Waals surface area contributed by atoms with Gasteiger partial charge in [0.05, 0.1) is 5.70 Å². The molecule has 0 aromatic heterocycles. The highest BCUT2D eigenvalue weighted by atomic mass is 15.3. The molecule has 54 heavy (non-hydrogen) atoms. The first-order valence-corrected chi connectivity index (χ1v) is 18.7. The normalized spacial score (nSPS) is 16.1. The van der Waals surface area contributed by atoms with Crippen molar-refractivity contribution in [2.24, 2.45) is 0 Å². The average Bonchev–Trinajstić information content (AvgIpc) is 3.60. The maximum atomic E-state index is 3.85. The van der Waals surface area contributed by atoms with Crippen molar-refractivity contribution >= 4 is 54.9 Å². The fourth-order valence-corrected chi connectivity index (χ4v) is 8.93. The van der Waals surface area contributed by atoms with Crippen molar-refractivity contribution in [3.8, 4) is 33.4 Å². The van der Waals surface area contributed by atoms with Crippen LogP contribution < -0.4 is 5.32 Å². The van der Waals surface area contributed by atoms with Crippen LogP contribution in [0, 0.1) is 0 Å². The zero-order valence-corrected chi connectivity index (χ0v) is 29.9. The SMILES string of the molecule is CC12NC(c3ccc(-c4ccc5c(-c6ccc7ccccc7c6)c6ccccc6c(-c6ccc7ccccc7c6)c5c4)cc3)=CN1C=Cc1ccccc12. The van der Waals surface area contributed by atoms with E-state index in [-0.39, 0.29) is 5.66 Å². The monoisotopic (exact) mass is 688 g/mol. The molecule has 0 amide bonds. The molecule has 9 aromatic rings. The molecule has 2 aliphatic rings. The van der Waals surface area contributed by atoms with Crippen molar-refractivity contribution in [1.82, 2.24) is 10.2 Å². The fourth-order valence-electron chi connectivity index (χ4n) is 8.93. The van der Waals surface area contributed by atoms with Crippen LogP contribution in [0.25, 0.3) is 88.2 Å². The van der Waals surface area contributed by atoms with Crippen LogP contribution in [0.1, 0.15) is 23.6 Å². The van der Waals surface area contributed by atoms with Gasteiger partial charge >= 0.3 is 0 Å². The largest absolute Gasteiger partial charge is 0.357 e. The van der Waals surface area contributed by atoms with Crippen molar-refractivity contribution in [1.29, 1.82) is 0 Å². The zero-order chi connectivity index (χ0) is 35.8. The highest BCUT2D eigenvalue weighted by Crippen LogP contribution is 2.46. The molecule has 0 fully saturated rings. The van der Waals surface area contributed by atoms with E-state index in [1.54, 1.807) is 0 Å². The minimum atomic E-state index is -0.317. The van der Waals surface area contributed by atoms with Crippen molar-refractivity contribution in [2.75, 3.05) is 0 Å². The first-order chi connectivity index (χ1) is 26.6. The van der Waals surface area contributed by atoms with E-state index in [1.165, 1.54) is 93.2 Å². The molecule has 0 bridgehead atoms. The Morgan fingerprint density at radius 1 is 0.426 bits per heavy atom. The van der Waals surface area contributed by atoms with Crippen LogP contribution in [0.3, 0.4) is 0 Å². The van der Waals surface area contributed by atoms with Crippen LogP contribution in [0.5, 0.6) is 0 Å². The fraction of sp³-hybridized carbons (Fsp3) is 0.0385. The predicted octanol–water partition coefficient (Wildman–Crippen LogP) is 13.4. The molecule has 2 heteroatoms. The van der Waals surface area contributed by atoms with Gasteiger partial charge in [-0.3, -0.25) is 0 Å². The molecule has 0 radical (unpaired) electrons. The predicted molar refractivity (Wildman–Crippen MR) is 229 cm³/mol. The maximum Gasteiger partial charge on any atom is 0.138 e. The van der Waals surface area contributed by atoms with Crippen LogP contribution in [-0.2, 0) is 5.66 Å². The molecule has 9 aromatic carbocycles. The Hall–Kier alpha value is -6.90. The summed E-state index contributed by atoms with van der Waals surface area (Å²) in [4.78, 5) is 2.29. The molecular weight excluding hydrogens is 653 g/mol. The van der Waals surface area contributed by atoms with Crippen molar-refractivity contribution < 1.29 is 0 Å². The van der Waals surface area contributed by atoms with Gasteiger partial charge in [0.1, 0.15) is 5.66 Å². The standard InChI is InChI=1S/C52H36N2/c1-52-48-17-9-6-12-37(48)28-29-54(52)33-49(53-52)38-22-18-36(19-23-38)41-26-27-46-47(32-41)51(43-25-21-35-11-3-5-14-40(35)31-43)45-16-8-7-15-44(45)50(46)42-24-20-34-10-2-4-13-39(34)30-42/h2-33,53H,1H3. The van der Waals surface area contributed by atoms with Crippen LogP contribution in [0.4, 0.5) is 0 Å². The van der Waals surface area contributed by atoms with Crippen LogP contribution in [0.2, 0.25) is 0 Å². The van der Waals surface area contributed by atoms with Gasteiger partial charge < -0.3 is 10.2 Å². The number of nitrogens with one attached hydrogen (secondary N) is 1. The first-order valence-electron chi connectivity index (χ1n) is 18.7. The molecule has 1 unspecified atom stereocenters. The molecule has 11 rings (SSSR count). The molecule has 0 saturated carbocycles. The van der Waals surface area contributed by atoms with Gasteiger partial charge in [-0.1, -0.05) is 158 Å². The summed E-state index contributed by atoms with van der Waals surface area (Å²) in [6, 6.07) is 64.8. The summed E-state index contributed by atoms with van der Waals surface area (Å²) in [6.07, 6.45) is 6.60. The Balaban J connectivity index is 1.07. The second-order valence-electron chi connectivity index (χ2n) is 14.8. The Bertz CT molecular complexity index is 3040. The van der Waals surface area contributed by atoms with Crippen LogP contribution in [0.15, 0.2) is 188 Å². The van der Waals surface area contributed by atoms with E-state index in [1.807, 2.05) is 0 Å². The van der Waals surface area contributed by atoms with Gasteiger partial charge in [-0.25, -0.2) is 0 Å². The second-order valence-corrected chi connectivity index (χ2v) is 14.8. The molecule has 1 atom stereocenters. The molecular formula is C52H36N2. The van der Waals surface area contributed by atoms with Gasteiger partial charge in [0.25, 0.3) is 0 Å². The highest BCUT2D eigenvalue weighted by Gasteiger charge is 2.40. The van der Waals surface area contributed by atoms with E-state index in [4.69, 9.17) is 0 Å². The third-order valence-electron chi connectivity index (χ3n) is 11.7. The molecule has 254 valence electrons. The topological polar surface area (TPSA) is 15.3 Å². The zero-order valence-electron chi connectivity index (χ0n) is 29.9. The minimum absolute atomic E-state index is 0.317. The van der Waals surface area contributed by atoms with Gasteiger partial charge in [0.15, 0.2) is 0 Å². The molecule has 0 spiro atoms. The van der Waals surface area contributed by atoms with E-state index in [2.05, 4.69) is 212 Å². The lowest BCUT2D eigenvalue weighted by Gasteiger charge is -2.38. The summed E-state index contributed by atoms with van der Waals surface area (Å²) in [7, 11) is 0. The van der Waals surface area contributed by atoms with E-state index < -0.39 is 0 Å². The number of hydrogen-bond acceptors (Lipinski definition) is 2. The lowest BCUT2D eigenvalue weighted by Crippen LogP contribution is -2.45. The third-order valence-corrected chi connectivity index (χ3v) is 11.7. The van der Waals surface area contributed by atoms with E-state index >= 15 is 0 Å². The number of nitrogens with zero attached hydrogens (tertiary/aromatic N) is 1. The molecule has 2 aliphatic heterocycles. The van der Waals surface area contributed by atoms with Crippen molar-refractivity contribution in [2.45, 2.75) is 12.6 Å². The van der Waals surface area contributed by atoms with Gasteiger partial charge in [-0.05, 0) is 119 Å². The van der Waals surface area contributed by atoms with Gasteiger partial charge in [0, 0.05) is 18.0 Å². The number of rotatable bonds is 4. The summed E-state index contributed by atoms with van der Waals surface area (Å²) in [5.41, 5.74) is 11.9. The van der Waals surface area contributed by atoms with Crippen LogP contribution in [-0.4, -0.2) is 4.90 Å².